The van der Waals surface area contributed by atoms with Gasteiger partial charge in [-0.05, 0) is 31.7 Å². The molecule has 0 spiro atoms. The molecule has 1 aliphatic rings. The Balaban J connectivity index is 2.35. The van der Waals surface area contributed by atoms with Crippen LogP contribution < -0.4 is 0 Å². The van der Waals surface area contributed by atoms with E-state index in [4.69, 9.17) is 0 Å². The van der Waals surface area contributed by atoms with Gasteiger partial charge in [-0.25, -0.2) is 8.42 Å². The van der Waals surface area contributed by atoms with E-state index in [0.29, 0.717) is 13.0 Å². The molecule has 112 valence electrons. The van der Waals surface area contributed by atoms with Crippen molar-refractivity contribution in [2.75, 3.05) is 12.3 Å². The molecule has 2 rings (SSSR count). The van der Waals surface area contributed by atoms with Gasteiger partial charge in [0.05, 0.1) is 5.75 Å². The third-order valence-corrected chi connectivity index (χ3v) is 6.03. The number of benzene rings is 1. The Labute approximate surface area is 123 Å². The Kier molecular flexibility index (Phi) is 5.22. The minimum Gasteiger partial charge on any atom is -0.212 e. The van der Waals surface area contributed by atoms with E-state index < -0.39 is 10.0 Å². The summed E-state index contributed by atoms with van der Waals surface area (Å²) < 4.78 is 26.8. The van der Waals surface area contributed by atoms with Crippen LogP contribution in [-0.4, -0.2) is 25.0 Å². The first-order chi connectivity index (χ1) is 9.54. The van der Waals surface area contributed by atoms with Crippen LogP contribution in [0.2, 0.25) is 0 Å². The molecule has 20 heavy (non-hydrogen) atoms. The highest BCUT2D eigenvalue weighted by Crippen LogP contribution is 2.32. The molecule has 3 nitrogen and oxygen atoms in total. The minimum atomic E-state index is -3.13. The van der Waals surface area contributed by atoms with E-state index in [0.717, 1.165) is 31.2 Å². The lowest BCUT2D eigenvalue weighted by Crippen LogP contribution is -2.36. The maximum absolute atomic E-state index is 12.5. The molecule has 1 heterocycles. The Hall–Kier alpha value is -0.870. The highest BCUT2D eigenvalue weighted by molar-refractivity contribution is 7.89. The van der Waals surface area contributed by atoms with Crippen molar-refractivity contribution in [3.8, 4) is 0 Å². The standard InChI is InChI=1S/C16H25NO2S/c1-3-12-20(18,19)17-11-6-4-5-10-16(17)15-9-7-8-14(2)13-15/h7-9,13,16H,3-6,10-12H2,1-2H3/t16-/m0/s1. The maximum atomic E-state index is 12.5. The summed E-state index contributed by atoms with van der Waals surface area (Å²) in [5, 5.41) is 0. The van der Waals surface area contributed by atoms with Crippen LogP contribution in [0.5, 0.6) is 0 Å². The second-order valence-corrected chi connectivity index (χ2v) is 7.75. The molecule has 0 aliphatic carbocycles. The smallest absolute Gasteiger partial charge is 0.212 e. The second kappa shape index (κ2) is 6.72. The number of rotatable bonds is 4. The van der Waals surface area contributed by atoms with Gasteiger partial charge in [0.1, 0.15) is 0 Å². The van der Waals surface area contributed by atoms with Crippen molar-refractivity contribution in [1.29, 1.82) is 0 Å². The van der Waals surface area contributed by atoms with Crippen LogP contribution in [0.15, 0.2) is 24.3 Å². The quantitative estimate of drug-likeness (QED) is 0.850. The fourth-order valence-electron chi connectivity index (χ4n) is 3.00. The van der Waals surface area contributed by atoms with Crippen LogP contribution in [0.4, 0.5) is 0 Å². The number of nitrogens with zero attached hydrogens (tertiary/aromatic N) is 1. The fourth-order valence-corrected chi connectivity index (χ4v) is 4.77. The number of aryl methyl sites for hydroxylation is 1. The first kappa shape index (κ1) is 15.5. The molecule has 1 aromatic carbocycles. The summed E-state index contributed by atoms with van der Waals surface area (Å²) in [4.78, 5) is 0. The average Bonchev–Trinajstić information content (AvgIpc) is 2.64. The Morgan fingerprint density at radius 1 is 1.25 bits per heavy atom. The van der Waals surface area contributed by atoms with Crippen LogP contribution in [0, 0.1) is 6.92 Å². The van der Waals surface area contributed by atoms with Gasteiger partial charge in [-0.15, -0.1) is 0 Å². The molecule has 0 aromatic heterocycles. The molecular weight excluding hydrogens is 270 g/mol. The van der Waals surface area contributed by atoms with E-state index in [9.17, 15) is 8.42 Å². The van der Waals surface area contributed by atoms with Gasteiger partial charge in [0.2, 0.25) is 10.0 Å². The number of hydrogen-bond acceptors (Lipinski definition) is 2. The lowest BCUT2D eigenvalue weighted by Gasteiger charge is -2.29. The molecule has 1 aliphatic heterocycles. The summed E-state index contributed by atoms with van der Waals surface area (Å²) in [6.45, 7) is 4.66. The van der Waals surface area contributed by atoms with Crippen molar-refractivity contribution in [3.05, 3.63) is 35.4 Å². The Morgan fingerprint density at radius 3 is 2.75 bits per heavy atom. The molecule has 4 heteroatoms. The Bertz CT molecular complexity index is 539. The highest BCUT2D eigenvalue weighted by Gasteiger charge is 2.31. The van der Waals surface area contributed by atoms with E-state index >= 15 is 0 Å². The molecule has 0 radical (unpaired) electrons. The van der Waals surface area contributed by atoms with Gasteiger partial charge in [0.15, 0.2) is 0 Å². The molecule has 0 bridgehead atoms. The van der Waals surface area contributed by atoms with Crippen molar-refractivity contribution >= 4 is 10.0 Å². The van der Waals surface area contributed by atoms with Crippen LogP contribution >= 0.6 is 0 Å². The van der Waals surface area contributed by atoms with E-state index in [1.807, 2.05) is 13.0 Å². The Morgan fingerprint density at radius 2 is 2.05 bits per heavy atom. The molecule has 0 saturated carbocycles. The minimum absolute atomic E-state index is 0.0222. The lowest BCUT2D eigenvalue weighted by atomic mass is 10.0. The third-order valence-electron chi connectivity index (χ3n) is 3.95. The molecule has 1 atom stereocenters. The lowest BCUT2D eigenvalue weighted by molar-refractivity contribution is 0.328. The summed E-state index contributed by atoms with van der Waals surface area (Å²) in [7, 11) is -3.13. The summed E-state index contributed by atoms with van der Waals surface area (Å²) in [6, 6.07) is 8.31. The zero-order valence-corrected chi connectivity index (χ0v) is 13.3. The van der Waals surface area contributed by atoms with Gasteiger partial charge in [0.25, 0.3) is 0 Å². The van der Waals surface area contributed by atoms with Crippen molar-refractivity contribution in [2.24, 2.45) is 0 Å². The van der Waals surface area contributed by atoms with E-state index in [-0.39, 0.29) is 11.8 Å². The molecule has 1 aromatic rings. The highest BCUT2D eigenvalue weighted by atomic mass is 32.2. The predicted octanol–water partition coefficient (Wildman–Crippen LogP) is 3.65. The average molecular weight is 295 g/mol. The summed E-state index contributed by atoms with van der Waals surface area (Å²) in [5.74, 6) is 0.259. The van der Waals surface area contributed by atoms with Crippen molar-refractivity contribution in [1.82, 2.24) is 4.31 Å². The molecule has 0 unspecified atom stereocenters. The second-order valence-electron chi connectivity index (χ2n) is 5.71. The summed E-state index contributed by atoms with van der Waals surface area (Å²) >= 11 is 0. The van der Waals surface area contributed by atoms with Gasteiger partial charge in [-0.2, -0.15) is 4.31 Å². The normalized spacial score (nSPS) is 21.6. The predicted molar refractivity (Wildman–Crippen MR) is 83.2 cm³/mol. The van der Waals surface area contributed by atoms with Crippen LogP contribution in [0.1, 0.15) is 56.2 Å². The largest absolute Gasteiger partial charge is 0.214 e. The van der Waals surface area contributed by atoms with Crippen LogP contribution in [0.3, 0.4) is 0 Å². The number of hydrogen-bond donors (Lipinski definition) is 0. The molecule has 1 saturated heterocycles. The number of sulfonamides is 1. The van der Waals surface area contributed by atoms with Crippen LogP contribution in [-0.2, 0) is 10.0 Å². The van der Waals surface area contributed by atoms with Crippen LogP contribution in [0.25, 0.3) is 0 Å². The van der Waals surface area contributed by atoms with E-state index in [2.05, 4.69) is 25.1 Å². The van der Waals surface area contributed by atoms with Gasteiger partial charge in [-0.1, -0.05) is 49.6 Å². The van der Waals surface area contributed by atoms with Crippen molar-refractivity contribution < 1.29 is 8.42 Å². The van der Waals surface area contributed by atoms with E-state index in [1.54, 1.807) is 4.31 Å². The first-order valence-corrected chi connectivity index (χ1v) is 9.21. The van der Waals surface area contributed by atoms with E-state index in [1.165, 1.54) is 5.56 Å². The third kappa shape index (κ3) is 3.61. The SMILES string of the molecule is CCCS(=O)(=O)N1CCCCC[C@H]1c1cccc(C)c1. The van der Waals surface area contributed by atoms with Gasteiger partial charge >= 0.3 is 0 Å². The molecular formula is C16H25NO2S. The van der Waals surface area contributed by atoms with Crippen molar-refractivity contribution in [3.63, 3.8) is 0 Å². The van der Waals surface area contributed by atoms with Gasteiger partial charge < -0.3 is 0 Å². The zero-order valence-electron chi connectivity index (χ0n) is 12.5. The summed E-state index contributed by atoms with van der Waals surface area (Å²) in [5.41, 5.74) is 2.34. The zero-order chi connectivity index (χ0) is 14.6. The maximum Gasteiger partial charge on any atom is 0.214 e. The monoisotopic (exact) mass is 295 g/mol. The van der Waals surface area contributed by atoms with Crippen molar-refractivity contribution in [2.45, 2.75) is 52.0 Å². The topological polar surface area (TPSA) is 37.4 Å². The fraction of sp³-hybridized carbons (Fsp3) is 0.625. The summed E-state index contributed by atoms with van der Waals surface area (Å²) in [6.07, 6.45) is 4.83. The van der Waals surface area contributed by atoms with Gasteiger partial charge in [-0.3, -0.25) is 0 Å². The molecule has 0 amide bonds. The van der Waals surface area contributed by atoms with Gasteiger partial charge in [0, 0.05) is 12.6 Å². The molecule has 0 N–H and O–H groups in total. The molecule has 1 fully saturated rings. The first-order valence-electron chi connectivity index (χ1n) is 7.60.